The summed E-state index contributed by atoms with van der Waals surface area (Å²) in [5, 5.41) is 6.05. The third kappa shape index (κ3) is 7.43. The molecule has 1 aliphatic heterocycles. The van der Waals surface area contributed by atoms with Gasteiger partial charge in [-0.15, -0.1) is 13.2 Å². The number of carbonyl (C=O) groups is 1. The molecule has 0 atom stereocenters. The fourth-order valence-electron chi connectivity index (χ4n) is 2.50. The van der Waals surface area contributed by atoms with Gasteiger partial charge in [-0.1, -0.05) is 25.8 Å². The number of piperidine rings is 1. The molecule has 2 amide bonds. The summed E-state index contributed by atoms with van der Waals surface area (Å²) in [6.45, 7) is 6.12. The Kier molecular flexibility index (Phi) is 6.83. The van der Waals surface area contributed by atoms with E-state index in [0.717, 1.165) is 38.1 Å². The van der Waals surface area contributed by atoms with Gasteiger partial charge in [-0.25, -0.2) is 4.79 Å². The largest absolute Gasteiger partial charge is 0.573 e. The van der Waals surface area contributed by atoms with Crippen molar-refractivity contribution in [1.29, 1.82) is 0 Å². The van der Waals surface area contributed by atoms with Gasteiger partial charge in [0.05, 0.1) is 0 Å². The van der Waals surface area contributed by atoms with Crippen LogP contribution in [0, 0.1) is 0 Å². The fraction of sp³-hybridized carbons (Fsp3) is 0.562. The quantitative estimate of drug-likeness (QED) is 0.754. The number of benzene rings is 1. The summed E-state index contributed by atoms with van der Waals surface area (Å²) in [6.07, 6.45) is -2.99. The van der Waals surface area contributed by atoms with E-state index < -0.39 is 6.36 Å². The molecule has 1 aromatic rings. The number of alkyl halides is 3. The summed E-state index contributed by atoms with van der Waals surface area (Å²) in [5.74, 6) is -0.325. The molecule has 0 radical (unpaired) electrons. The smallest absolute Gasteiger partial charge is 0.406 e. The fourth-order valence-corrected chi connectivity index (χ4v) is 3.51. The summed E-state index contributed by atoms with van der Waals surface area (Å²) in [6, 6.07) is 4.77. The van der Waals surface area contributed by atoms with Crippen molar-refractivity contribution in [2.24, 2.45) is 0 Å². The summed E-state index contributed by atoms with van der Waals surface area (Å²) < 4.78 is 42.4. The highest BCUT2D eigenvalue weighted by atomic mass is 32.2. The van der Waals surface area contributed by atoms with Gasteiger partial charge in [0.1, 0.15) is 5.75 Å². The van der Waals surface area contributed by atoms with Gasteiger partial charge in [0.25, 0.3) is 0 Å². The Morgan fingerprint density at radius 1 is 1.24 bits per heavy atom. The molecule has 0 aliphatic carbocycles. The number of rotatable bonds is 5. The van der Waals surface area contributed by atoms with E-state index in [1.807, 2.05) is 11.9 Å². The molecule has 0 unspecified atom stereocenters. The number of amides is 2. The van der Waals surface area contributed by atoms with Gasteiger partial charge in [0.2, 0.25) is 0 Å². The lowest BCUT2D eigenvalue weighted by molar-refractivity contribution is -0.274. The summed E-state index contributed by atoms with van der Waals surface area (Å²) in [5.41, 5.74) is 0.403. The first-order chi connectivity index (χ1) is 11.7. The van der Waals surface area contributed by atoms with E-state index in [9.17, 15) is 18.0 Å². The number of nitrogens with one attached hydrogen (secondary N) is 2. The van der Waals surface area contributed by atoms with E-state index in [1.165, 1.54) is 12.1 Å². The molecule has 1 saturated heterocycles. The molecule has 0 saturated carbocycles. The van der Waals surface area contributed by atoms with Crippen LogP contribution in [0.4, 0.5) is 23.7 Å². The number of anilines is 1. The van der Waals surface area contributed by atoms with Gasteiger partial charge in [0, 0.05) is 30.1 Å². The molecule has 140 valence electrons. The molecule has 0 spiro atoms. The SMILES string of the molecule is CC(C)SN1CCC(NC(=O)Nc2ccc(OC(F)(F)F)cc2)CC1. The van der Waals surface area contributed by atoms with Gasteiger partial charge in [-0.05, 0) is 37.1 Å². The molecule has 25 heavy (non-hydrogen) atoms. The van der Waals surface area contributed by atoms with Crippen molar-refractivity contribution in [3.63, 3.8) is 0 Å². The van der Waals surface area contributed by atoms with Crippen LogP contribution in [-0.4, -0.2) is 41.1 Å². The number of carbonyl (C=O) groups excluding carboxylic acids is 1. The second-order valence-corrected chi connectivity index (χ2v) is 7.70. The van der Waals surface area contributed by atoms with E-state index in [-0.39, 0.29) is 17.8 Å². The van der Waals surface area contributed by atoms with Gasteiger partial charge in [0.15, 0.2) is 0 Å². The van der Waals surface area contributed by atoms with Crippen molar-refractivity contribution in [3.8, 4) is 5.75 Å². The topological polar surface area (TPSA) is 53.6 Å². The Balaban J connectivity index is 1.75. The van der Waals surface area contributed by atoms with Crippen molar-refractivity contribution < 1.29 is 22.7 Å². The molecule has 1 aliphatic rings. The van der Waals surface area contributed by atoms with Crippen LogP contribution in [0.3, 0.4) is 0 Å². The minimum atomic E-state index is -4.73. The zero-order chi connectivity index (χ0) is 18.4. The highest BCUT2D eigenvalue weighted by Gasteiger charge is 2.31. The third-order valence-electron chi connectivity index (χ3n) is 3.49. The van der Waals surface area contributed by atoms with Crippen LogP contribution in [0.1, 0.15) is 26.7 Å². The standard InChI is InChI=1S/C16H22F3N3O2S/c1-11(2)25-22-9-7-13(8-10-22)21-15(23)20-12-3-5-14(6-4-12)24-16(17,18)19/h3-6,11,13H,7-10H2,1-2H3,(H2,20,21,23). The zero-order valence-corrected chi connectivity index (χ0v) is 14.9. The maximum absolute atomic E-state index is 12.1. The van der Waals surface area contributed by atoms with E-state index in [4.69, 9.17) is 0 Å². The lowest BCUT2D eigenvalue weighted by Gasteiger charge is -2.32. The molecule has 1 heterocycles. The van der Waals surface area contributed by atoms with Gasteiger partial charge < -0.3 is 15.4 Å². The van der Waals surface area contributed by atoms with Crippen LogP contribution in [0.5, 0.6) is 5.75 Å². The summed E-state index contributed by atoms with van der Waals surface area (Å²) in [7, 11) is 0. The number of hydrogen-bond acceptors (Lipinski definition) is 4. The Labute approximate surface area is 149 Å². The highest BCUT2D eigenvalue weighted by Crippen LogP contribution is 2.24. The number of ether oxygens (including phenoxy) is 1. The molecule has 0 bridgehead atoms. The predicted octanol–water partition coefficient (Wildman–Crippen LogP) is 4.23. The van der Waals surface area contributed by atoms with Crippen molar-refractivity contribution >= 4 is 23.7 Å². The molecule has 2 rings (SSSR count). The maximum atomic E-state index is 12.1. The second kappa shape index (κ2) is 8.66. The average molecular weight is 377 g/mol. The third-order valence-corrected chi connectivity index (χ3v) is 4.58. The van der Waals surface area contributed by atoms with Gasteiger partial charge in [-0.2, -0.15) is 0 Å². The second-order valence-electron chi connectivity index (χ2n) is 6.03. The van der Waals surface area contributed by atoms with Crippen LogP contribution in [0.2, 0.25) is 0 Å². The molecule has 5 nitrogen and oxygen atoms in total. The Bertz CT molecular complexity index is 559. The average Bonchev–Trinajstić information content (AvgIpc) is 2.49. The van der Waals surface area contributed by atoms with Crippen molar-refractivity contribution in [2.75, 3.05) is 18.4 Å². The summed E-state index contributed by atoms with van der Waals surface area (Å²) >= 11 is 1.82. The Morgan fingerprint density at radius 3 is 2.36 bits per heavy atom. The lowest BCUT2D eigenvalue weighted by atomic mass is 10.1. The normalized spacial score (nSPS) is 16.7. The lowest BCUT2D eigenvalue weighted by Crippen LogP contribution is -2.44. The van der Waals surface area contributed by atoms with E-state index in [0.29, 0.717) is 10.9 Å². The van der Waals surface area contributed by atoms with Crippen LogP contribution >= 0.6 is 11.9 Å². The molecule has 1 aromatic carbocycles. The highest BCUT2D eigenvalue weighted by molar-refractivity contribution is 7.97. The molecule has 2 N–H and O–H groups in total. The summed E-state index contributed by atoms with van der Waals surface area (Å²) in [4.78, 5) is 12.0. The van der Waals surface area contributed by atoms with Gasteiger partial charge >= 0.3 is 12.4 Å². The van der Waals surface area contributed by atoms with Crippen LogP contribution in [-0.2, 0) is 0 Å². The minimum Gasteiger partial charge on any atom is -0.406 e. The first-order valence-electron chi connectivity index (χ1n) is 8.06. The van der Waals surface area contributed by atoms with Gasteiger partial charge in [-0.3, -0.25) is 4.31 Å². The number of halogens is 3. The van der Waals surface area contributed by atoms with Crippen LogP contribution in [0.15, 0.2) is 24.3 Å². The van der Waals surface area contributed by atoms with Crippen LogP contribution in [0.25, 0.3) is 0 Å². The molecular weight excluding hydrogens is 355 g/mol. The molecule has 9 heteroatoms. The zero-order valence-electron chi connectivity index (χ0n) is 14.1. The molecule has 1 fully saturated rings. The van der Waals surface area contributed by atoms with E-state index in [1.54, 1.807) is 0 Å². The van der Waals surface area contributed by atoms with Crippen LogP contribution < -0.4 is 15.4 Å². The first-order valence-corrected chi connectivity index (χ1v) is 8.90. The predicted molar refractivity (Wildman–Crippen MR) is 92.6 cm³/mol. The molecule has 0 aromatic heterocycles. The van der Waals surface area contributed by atoms with E-state index >= 15 is 0 Å². The van der Waals surface area contributed by atoms with E-state index in [2.05, 4.69) is 33.5 Å². The number of nitrogens with zero attached hydrogens (tertiary/aromatic N) is 1. The number of urea groups is 1. The number of hydrogen-bond donors (Lipinski definition) is 2. The Morgan fingerprint density at radius 2 is 1.84 bits per heavy atom. The first kappa shape index (κ1) is 19.7. The van der Waals surface area contributed by atoms with Crippen molar-refractivity contribution in [3.05, 3.63) is 24.3 Å². The Hall–Kier alpha value is -1.61. The monoisotopic (exact) mass is 377 g/mol. The minimum absolute atomic E-state index is 0.0943. The maximum Gasteiger partial charge on any atom is 0.573 e. The van der Waals surface area contributed by atoms with Crippen molar-refractivity contribution in [1.82, 2.24) is 9.62 Å². The molecular formula is C16H22F3N3O2S. The van der Waals surface area contributed by atoms with Crippen molar-refractivity contribution in [2.45, 2.75) is 44.3 Å².